The van der Waals surface area contributed by atoms with Gasteiger partial charge in [0.15, 0.2) is 0 Å². The van der Waals surface area contributed by atoms with E-state index in [0.717, 1.165) is 25.9 Å². The molecule has 0 rings (SSSR count). The van der Waals surface area contributed by atoms with Crippen molar-refractivity contribution in [3.05, 3.63) is 0 Å². The van der Waals surface area contributed by atoms with Gasteiger partial charge in [-0.25, -0.2) is 0 Å². The summed E-state index contributed by atoms with van der Waals surface area (Å²) in [5.41, 5.74) is 5.39. The van der Waals surface area contributed by atoms with Gasteiger partial charge < -0.3 is 11.1 Å². The third-order valence-corrected chi connectivity index (χ3v) is 2.20. The van der Waals surface area contributed by atoms with Crippen LogP contribution in [0.4, 0.5) is 0 Å². The molecule has 0 saturated carbocycles. The second kappa shape index (κ2) is 8.68. The molecule has 1 amide bonds. The Morgan fingerprint density at radius 2 is 2.13 bits per heavy atom. The summed E-state index contributed by atoms with van der Waals surface area (Å²) in [4.78, 5) is 13.4. The molecule has 0 unspecified atom stereocenters. The zero-order valence-corrected chi connectivity index (χ0v) is 10.3. The number of carbonyl (C=O) groups is 1. The average molecular weight is 215 g/mol. The number of nitrogens with two attached hydrogens (primary N) is 1. The molecule has 0 atom stereocenters. The second-order valence-corrected chi connectivity index (χ2v) is 4.41. The lowest BCUT2D eigenvalue weighted by Crippen LogP contribution is -2.36. The summed E-state index contributed by atoms with van der Waals surface area (Å²) in [7, 11) is 1.94. The van der Waals surface area contributed by atoms with Crippen LogP contribution in [0.25, 0.3) is 0 Å². The molecule has 4 heteroatoms. The molecular weight excluding hydrogens is 190 g/mol. The molecule has 0 aliphatic heterocycles. The summed E-state index contributed by atoms with van der Waals surface area (Å²) < 4.78 is 0. The van der Waals surface area contributed by atoms with E-state index < -0.39 is 0 Å². The monoisotopic (exact) mass is 215 g/mol. The first-order valence-electron chi connectivity index (χ1n) is 5.71. The minimum Gasteiger partial charge on any atom is -0.355 e. The molecule has 0 aromatic heterocycles. The largest absolute Gasteiger partial charge is 0.355 e. The van der Waals surface area contributed by atoms with Gasteiger partial charge in [0.05, 0.1) is 6.54 Å². The minimum atomic E-state index is 0.107. The van der Waals surface area contributed by atoms with Crippen LogP contribution in [0.1, 0.15) is 26.7 Å². The fourth-order valence-electron chi connectivity index (χ4n) is 1.24. The molecule has 0 spiro atoms. The molecule has 0 bridgehead atoms. The molecule has 90 valence electrons. The first-order valence-corrected chi connectivity index (χ1v) is 5.71. The van der Waals surface area contributed by atoms with Gasteiger partial charge in [0.25, 0.3) is 0 Å². The van der Waals surface area contributed by atoms with Crippen LogP contribution in [0.2, 0.25) is 0 Å². The van der Waals surface area contributed by atoms with Crippen molar-refractivity contribution in [3.8, 4) is 0 Å². The van der Waals surface area contributed by atoms with Crippen LogP contribution >= 0.6 is 0 Å². The Morgan fingerprint density at radius 3 is 2.67 bits per heavy atom. The fourth-order valence-corrected chi connectivity index (χ4v) is 1.24. The van der Waals surface area contributed by atoms with E-state index in [-0.39, 0.29) is 5.91 Å². The highest BCUT2D eigenvalue weighted by atomic mass is 16.2. The van der Waals surface area contributed by atoms with Gasteiger partial charge in [-0.2, -0.15) is 0 Å². The Bertz CT molecular complexity index is 171. The van der Waals surface area contributed by atoms with Crippen LogP contribution < -0.4 is 11.1 Å². The lowest BCUT2D eigenvalue weighted by molar-refractivity contribution is -0.121. The van der Waals surface area contributed by atoms with E-state index in [2.05, 4.69) is 19.2 Å². The van der Waals surface area contributed by atoms with E-state index in [1.165, 1.54) is 0 Å². The van der Waals surface area contributed by atoms with Crippen LogP contribution in [0.5, 0.6) is 0 Å². The van der Waals surface area contributed by atoms with E-state index in [1.54, 1.807) is 0 Å². The van der Waals surface area contributed by atoms with Gasteiger partial charge in [-0.3, -0.25) is 9.69 Å². The first-order chi connectivity index (χ1) is 7.06. The molecule has 0 aromatic carbocycles. The maximum Gasteiger partial charge on any atom is 0.234 e. The number of amides is 1. The Kier molecular flexibility index (Phi) is 8.33. The molecule has 0 heterocycles. The van der Waals surface area contributed by atoms with E-state index in [1.807, 2.05) is 11.9 Å². The highest BCUT2D eigenvalue weighted by Crippen LogP contribution is 1.96. The predicted molar refractivity (Wildman–Crippen MR) is 63.6 cm³/mol. The van der Waals surface area contributed by atoms with Crippen molar-refractivity contribution in [2.45, 2.75) is 26.7 Å². The smallest absolute Gasteiger partial charge is 0.234 e. The highest BCUT2D eigenvalue weighted by Gasteiger charge is 2.05. The number of nitrogens with zero attached hydrogens (tertiary/aromatic N) is 1. The van der Waals surface area contributed by atoms with Crippen molar-refractivity contribution < 1.29 is 4.79 Å². The summed E-state index contributed by atoms with van der Waals surface area (Å²) in [6.45, 7) is 7.12. The zero-order chi connectivity index (χ0) is 11.7. The van der Waals surface area contributed by atoms with Crippen molar-refractivity contribution in [1.82, 2.24) is 10.2 Å². The van der Waals surface area contributed by atoms with Gasteiger partial charge in [0.2, 0.25) is 5.91 Å². The van der Waals surface area contributed by atoms with Gasteiger partial charge >= 0.3 is 0 Å². The van der Waals surface area contributed by atoms with Crippen LogP contribution in [0.15, 0.2) is 0 Å². The minimum absolute atomic E-state index is 0.107. The van der Waals surface area contributed by atoms with Crippen LogP contribution in [-0.2, 0) is 4.79 Å². The Morgan fingerprint density at radius 1 is 1.47 bits per heavy atom. The fraction of sp³-hybridized carbons (Fsp3) is 0.909. The van der Waals surface area contributed by atoms with E-state index in [4.69, 9.17) is 5.73 Å². The van der Waals surface area contributed by atoms with Gasteiger partial charge in [-0.05, 0) is 38.9 Å². The summed E-state index contributed by atoms with van der Waals surface area (Å²) >= 11 is 0. The maximum atomic E-state index is 11.4. The number of hydrogen-bond acceptors (Lipinski definition) is 3. The van der Waals surface area contributed by atoms with Gasteiger partial charge in [0.1, 0.15) is 0 Å². The molecule has 0 fully saturated rings. The van der Waals surface area contributed by atoms with Gasteiger partial charge in [-0.1, -0.05) is 13.8 Å². The molecule has 0 aromatic rings. The SMILES string of the molecule is CC(C)CCNC(=O)CN(C)CCCN. The molecule has 15 heavy (non-hydrogen) atoms. The molecule has 0 aliphatic carbocycles. The third kappa shape index (κ3) is 9.69. The standard InChI is InChI=1S/C11H25N3O/c1-10(2)5-7-13-11(15)9-14(3)8-4-6-12/h10H,4-9,12H2,1-3H3,(H,13,15). The van der Waals surface area contributed by atoms with Crippen molar-refractivity contribution in [1.29, 1.82) is 0 Å². The van der Waals surface area contributed by atoms with Crippen molar-refractivity contribution in [2.75, 3.05) is 33.2 Å². The normalized spacial score (nSPS) is 11.1. The Balaban J connectivity index is 3.46. The second-order valence-electron chi connectivity index (χ2n) is 4.41. The first kappa shape index (κ1) is 14.4. The Labute approximate surface area is 93.2 Å². The molecule has 3 N–H and O–H groups in total. The van der Waals surface area contributed by atoms with Crippen LogP contribution in [0.3, 0.4) is 0 Å². The summed E-state index contributed by atoms with van der Waals surface area (Å²) in [6.07, 6.45) is 1.98. The Hall–Kier alpha value is -0.610. The third-order valence-electron chi connectivity index (χ3n) is 2.20. The summed E-state index contributed by atoms with van der Waals surface area (Å²) in [5, 5.41) is 2.91. The molecule has 0 saturated heterocycles. The van der Waals surface area contributed by atoms with Gasteiger partial charge in [0, 0.05) is 6.54 Å². The maximum absolute atomic E-state index is 11.4. The van der Waals surface area contributed by atoms with Crippen LogP contribution in [-0.4, -0.2) is 44.0 Å². The van der Waals surface area contributed by atoms with Gasteiger partial charge in [-0.15, -0.1) is 0 Å². The summed E-state index contributed by atoms with van der Waals surface area (Å²) in [6, 6.07) is 0. The van der Waals surface area contributed by atoms with Crippen molar-refractivity contribution in [2.24, 2.45) is 11.7 Å². The predicted octanol–water partition coefficient (Wildman–Crippen LogP) is 0.429. The lowest BCUT2D eigenvalue weighted by atomic mass is 10.1. The lowest BCUT2D eigenvalue weighted by Gasteiger charge is -2.15. The number of hydrogen-bond donors (Lipinski definition) is 2. The quantitative estimate of drug-likeness (QED) is 0.617. The van der Waals surface area contributed by atoms with Crippen molar-refractivity contribution in [3.63, 3.8) is 0 Å². The molecule has 4 nitrogen and oxygen atoms in total. The number of nitrogens with one attached hydrogen (secondary N) is 1. The van der Waals surface area contributed by atoms with E-state index >= 15 is 0 Å². The summed E-state index contributed by atoms with van der Waals surface area (Å²) in [5.74, 6) is 0.746. The molecule has 0 radical (unpaired) electrons. The number of rotatable bonds is 8. The van der Waals surface area contributed by atoms with Crippen LogP contribution in [0, 0.1) is 5.92 Å². The number of carbonyl (C=O) groups excluding carboxylic acids is 1. The molecule has 0 aliphatic rings. The number of likely N-dealkylation sites (N-methyl/N-ethyl adjacent to an activating group) is 1. The highest BCUT2D eigenvalue weighted by molar-refractivity contribution is 5.77. The molecular formula is C11H25N3O. The van der Waals surface area contributed by atoms with Crippen molar-refractivity contribution >= 4 is 5.91 Å². The average Bonchev–Trinajstić information content (AvgIpc) is 2.14. The van der Waals surface area contributed by atoms with E-state index in [0.29, 0.717) is 19.0 Å². The topological polar surface area (TPSA) is 58.4 Å². The zero-order valence-electron chi connectivity index (χ0n) is 10.3. The van der Waals surface area contributed by atoms with E-state index in [9.17, 15) is 4.79 Å².